The lowest BCUT2D eigenvalue weighted by atomic mass is 9.87. The normalized spacial score (nSPS) is 22.1. The molecule has 0 aliphatic carbocycles. The molecule has 16 heteroatoms. The van der Waals surface area contributed by atoms with Crippen molar-refractivity contribution in [3.8, 4) is 11.5 Å². The number of nitrogens with zero attached hydrogens (tertiary/aromatic N) is 2. The van der Waals surface area contributed by atoms with Gasteiger partial charge in [-0.1, -0.05) is 50.2 Å². The van der Waals surface area contributed by atoms with Gasteiger partial charge in [-0.05, 0) is 48.8 Å². The highest BCUT2D eigenvalue weighted by atomic mass is 32.2. The maximum absolute atomic E-state index is 14.5. The first-order valence-corrected chi connectivity index (χ1v) is 19.3. The number of fused-ring (bicyclic) bond motifs is 2. The van der Waals surface area contributed by atoms with Crippen molar-refractivity contribution in [2.24, 2.45) is 11.3 Å². The molecule has 3 aliphatic heterocycles. The number of benzene rings is 2. The first kappa shape index (κ1) is 36.3. The van der Waals surface area contributed by atoms with E-state index in [0.717, 1.165) is 21.0 Å². The molecule has 0 unspecified atom stereocenters. The lowest BCUT2D eigenvalue weighted by molar-refractivity contribution is -0.273. The number of rotatable bonds is 16. The minimum Gasteiger partial charge on any atom is -0.530 e. The summed E-state index contributed by atoms with van der Waals surface area (Å²) in [6.07, 6.45) is -0.998. The standard InChI is InChI=1S/C32H45N3O11S2/c1-32(2,14-8-15-33-47(3,39)40)20-34(48(41,42)28-12-7-11-27-29(28)46-21-45-27)18-26(36)24(17-22-9-5-4-6-10-22)35(31(37)38)25-19-44-30-23(25)13-16-43-30/h4-7,9-12,23-26,30,33,36H,8,13-21H2,1-3H3,(H,37,38)/p-1/t23-,24-,25-,26+,30+/m0/s1. The Bertz CT molecular complexity index is 1640. The topological polar surface area (TPSA) is 184 Å². The van der Waals surface area contributed by atoms with E-state index in [4.69, 9.17) is 18.9 Å². The van der Waals surface area contributed by atoms with E-state index < -0.39 is 62.6 Å². The van der Waals surface area contributed by atoms with Crippen molar-refractivity contribution in [2.45, 2.75) is 68.9 Å². The molecular weight excluding hydrogens is 666 g/mol. The summed E-state index contributed by atoms with van der Waals surface area (Å²) in [5, 5.41) is 24.9. The number of ether oxygens (including phenoxy) is 4. The molecule has 5 atom stereocenters. The summed E-state index contributed by atoms with van der Waals surface area (Å²) in [4.78, 5) is 13.9. The summed E-state index contributed by atoms with van der Waals surface area (Å²) in [5.74, 6) is 0.0544. The Kier molecular flexibility index (Phi) is 11.2. The van der Waals surface area contributed by atoms with Crippen LogP contribution in [-0.2, 0) is 35.9 Å². The molecule has 2 aromatic carbocycles. The molecule has 3 aliphatic rings. The quantitative estimate of drug-likeness (QED) is 0.238. The van der Waals surface area contributed by atoms with E-state index in [1.165, 1.54) is 12.1 Å². The fraction of sp³-hybridized carbons (Fsp3) is 0.594. The Balaban J connectivity index is 1.48. The smallest absolute Gasteiger partial charge is 0.247 e. The van der Waals surface area contributed by atoms with Crippen molar-refractivity contribution in [1.29, 1.82) is 0 Å². The molecule has 0 radical (unpaired) electrons. The Morgan fingerprint density at radius 3 is 2.54 bits per heavy atom. The van der Waals surface area contributed by atoms with Crippen LogP contribution in [0.3, 0.4) is 0 Å². The average molecular weight is 711 g/mol. The first-order valence-electron chi connectivity index (χ1n) is 15.9. The Hall–Kier alpha value is -2.99. The van der Waals surface area contributed by atoms with Crippen LogP contribution in [0.25, 0.3) is 0 Å². The van der Waals surface area contributed by atoms with Gasteiger partial charge in [-0.2, -0.15) is 4.31 Å². The largest absolute Gasteiger partial charge is 0.530 e. The van der Waals surface area contributed by atoms with Gasteiger partial charge in [-0.25, -0.2) is 21.6 Å². The molecule has 1 amide bonds. The van der Waals surface area contributed by atoms with Gasteiger partial charge in [-0.15, -0.1) is 0 Å². The molecule has 3 heterocycles. The van der Waals surface area contributed by atoms with E-state index in [1.807, 2.05) is 32.0 Å². The predicted octanol–water partition coefficient (Wildman–Crippen LogP) is 1.14. The average Bonchev–Trinajstić information content (AvgIpc) is 3.77. The SMILES string of the molecule is CC(C)(CCCNS(C)(=O)=O)CN(C[C@@H](O)[C@H](Cc1ccccc1)N(C(=O)[O-])[C@H]1CO[C@H]2OCC[C@H]21)S(=O)(=O)c1cccc2c1OCO2. The summed E-state index contributed by atoms with van der Waals surface area (Å²) in [6.45, 7) is 3.63. The number of para-hydroxylation sites is 1. The molecule has 0 spiro atoms. The van der Waals surface area contributed by atoms with E-state index in [-0.39, 0.29) is 55.2 Å². The van der Waals surface area contributed by atoms with Gasteiger partial charge in [-0.3, -0.25) is 0 Å². The number of carboxylic acid groups (broad SMARTS) is 1. The highest BCUT2D eigenvalue weighted by Gasteiger charge is 2.48. The maximum Gasteiger partial charge on any atom is 0.247 e. The van der Waals surface area contributed by atoms with Crippen molar-refractivity contribution < 1.29 is 50.8 Å². The van der Waals surface area contributed by atoms with Gasteiger partial charge in [0.2, 0.25) is 26.8 Å². The van der Waals surface area contributed by atoms with E-state index in [0.29, 0.717) is 25.9 Å². The van der Waals surface area contributed by atoms with Crippen LogP contribution in [0.4, 0.5) is 4.79 Å². The first-order chi connectivity index (χ1) is 22.7. The minimum absolute atomic E-state index is 0.0470. The number of nitrogens with one attached hydrogen (secondary N) is 1. The summed E-state index contributed by atoms with van der Waals surface area (Å²) in [7, 11) is -7.76. The third kappa shape index (κ3) is 8.59. The van der Waals surface area contributed by atoms with Gasteiger partial charge in [0.1, 0.15) is 11.0 Å². The van der Waals surface area contributed by atoms with Gasteiger partial charge in [0.15, 0.2) is 17.8 Å². The maximum atomic E-state index is 14.5. The van der Waals surface area contributed by atoms with Crippen LogP contribution in [0.1, 0.15) is 38.7 Å². The number of amides is 1. The Morgan fingerprint density at radius 2 is 1.83 bits per heavy atom. The molecular formula is C32H44N3O11S2-. The fourth-order valence-corrected chi connectivity index (χ4v) is 9.03. The highest BCUT2D eigenvalue weighted by Crippen LogP contribution is 2.41. The Labute approximate surface area is 282 Å². The highest BCUT2D eigenvalue weighted by molar-refractivity contribution is 7.89. The van der Waals surface area contributed by atoms with Gasteiger partial charge in [0.25, 0.3) is 0 Å². The summed E-state index contributed by atoms with van der Waals surface area (Å²) < 4.78 is 78.0. The van der Waals surface area contributed by atoms with E-state index in [9.17, 15) is 31.8 Å². The molecule has 0 saturated carbocycles. The van der Waals surface area contributed by atoms with Crippen LogP contribution in [0.5, 0.6) is 11.5 Å². The van der Waals surface area contributed by atoms with Crippen molar-refractivity contribution in [3.05, 3.63) is 54.1 Å². The predicted molar refractivity (Wildman–Crippen MR) is 172 cm³/mol. The third-order valence-corrected chi connectivity index (χ3v) is 11.6. The second kappa shape index (κ2) is 14.9. The van der Waals surface area contributed by atoms with Crippen LogP contribution in [0.2, 0.25) is 0 Å². The van der Waals surface area contributed by atoms with Crippen LogP contribution < -0.4 is 19.3 Å². The molecule has 5 rings (SSSR count). The number of carbonyl (C=O) groups is 1. The van der Waals surface area contributed by atoms with Gasteiger partial charge >= 0.3 is 0 Å². The molecule has 2 fully saturated rings. The van der Waals surface area contributed by atoms with Crippen molar-refractivity contribution in [2.75, 3.05) is 45.9 Å². The van der Waals surface area contributed by atoms with E-state index >= 15 is 0 Å². The van der Waals surface area contributed by atoms with Crippen molar-refractivity contribution in [1.82, 2.24) is 13.9 Å². The second-order valence-corrected chi connectivity index (χ2v) is 17.1. The molecule has 2 aromatic rings. The summed E-state index contributed by atoms with van der Waals surface area (Å²) in [6, 6.07) is 11.8. The van der Waals surface area contributed by atoms with Crippen LogP contribution in [0, 0.1) is 11.3 Å². The molecule has 0 bridgehead atoms. The molecule has 266 valence electrons. The zero-order valence-electron chi connectivity index (χ0n) is 27.3. The molecule has 14 nitrogen and oxygen atoms in total. The number of aliphatic hydroxyl groups is 1. The molecule has 48 heavy (non-hydrogen) atoms. The fourth-order valence-electron chi connectivity index (χ4n) is 6.73. The zero-order chi connectivity index (χ0) is 34.7. The zero-order valence-corrected chi connectivity index (χ0v) is 29.0. The van der Waals surface area contributed by atoms with Crippen molar-refractivity contribution in [3.63, 3.8) is 0 Å². The summed E-state index contributed by atoms with van der Waals surface area (Å²) >= 11 is 0. The lowest BCUT2D eigenvalue weighted by Gasteiger charge is -2.43. The van der Waals surface area contributed by atoms with Crippen LogP contribution in [0.15, 0.2) is 53.4 Å². The minimum atomic E-state index is -4.36. The number of aliphatic hydroxyl groups excluding tert-OH is 1. The number of hydrogen-bond acceptors (Lipinski definition) is 11. The van der Waals surface area contributed by atoms with Gasteiger partial charge in [0.05, 0.1) is 37.7 Å². The second-order valence-electron chi connectivity index (χ2n) is 13.3. The van der Waals surface area contributed by atoms with E-state index in [2.05, 4.69) is 4.72 Å². The van der Waals surface area contributed by atoms with Crippen LogP contribution >= 0.6 is 0 Å². The summed E-state index contributed by atoms with van der Waals surface area (Å²) in [5.41, 5.74) is 0.0447. The number of hydrogen-bond donors (Lipinski definition) is 2. The molecule has 2 saturated heterocycles. The Morgan fingerprint density at radius 1 is 1.08 bits per heavy atom. The monoisotopic (exact) mass is 710 g/mol. The van der Waals surface area contributed by atoms with E-state index in [1.54, 1.807) is 18.2 Å². The molecule has 2 N–H and O–H groups in total. The lowest BCUT2D eigenvalue weighted by Crippen LogP contribution is -2.61. The molecule has 0 aromatic heterocycles. The number of sulfonamides is 2. The van der Waals surface area contributed by atoms with Gasteiger partial charge < -0.3 is 38.9 Å². The van der Waals surface area contributed by atoms with Crippen LogP contribution in [-0.4, -0.2) is 108 Å². The van der Waals surface area contributed by atoms with Gasteiger partial charge in [0, 0.05) is 25.6 Å². The number of carbonyl (C=O) groups excluding carboxylic acids is 1. The third-order valence-electron chi connectivity index (χ3n) is 9.03. The van der Waals surface area contributed by atoms with Crippen molar-refractivity contribution >= 4 is 26.1 Å².